The van der Waals surface area contributed by atoms with Crippen LogP contribution in [-0.2, 0) is 10.0 Å². The van der Waals surface area contributed by atoms with E-state index in [1.54, 1.807) is 6.92 Å². The molecule has 13 heavy (non-hydrogen) atoms. The Kier molecular flexibility index (Phi) is 2.83. The molecule has 0 aromatic carbocycles. The third kappa shape index (κ3) is 2.99. The second-order valence-electron chi connectivity index (χ2n) is 2.29. The molecule has 1 heterocycles. The van der Waals surface area contributed by atoms with E-state index >= 15 is 0 Å². The Labute approximate surface area is 74.8 Å². The first kappa shape index (κ1) is 9.93. The van der Waals surface area contributed by atoms with Gasteiger partial charge < -0.3 is 9.63 Å². The molecular weight excluding hydrogens is 198 g/mol. The van der Waals surface area contributed by atoms with Crippen molar-refractivity contribution in [1.29, 1.82) is 0 Å². The lowest BCUT2D eigenvalue weighted by molar-refractivity contribution is 0.319. The lowest BCUT2D eigenvalue weighted by Crippen LogP contribution is -2.19. The van der Waals surface area contributed by atoms with Crippen LogP contribution in [0.4, 0.5) is 6.01 Å². The minimum atomic E-state index is -3.57. The average Bonchev–Trinajstić information content (AvgIpc) is 2.34. The molecule has 0 atom stereocenters. The van der Waals surface area contributed by atoms with Crippen molar-refractivity contribution in [3.05, 3.63) is 5.82 Å². The summed E-state index contributed by atoms with van der Waals surface area (Å²) in [5, 5.41) is 11.8. The SMILES string of the molecule is Cc1noc(NS(=O)(=O)CCO)n1. The zero-order chi connectivity index (χ0) is 9.90. The number of rotatable bonds is 4. The number of nitrogens with zero attached hydrogens (tertiary/aromatic N) is 2. The molecule has 0 fully saturated rings. The second-order valence-corrected chi connectivity index (χ2v) is 4.13. The molecule has 0 amide bonds. The summed E-state index contributed by atoms with van der Waals surface area (Å²) < 4.78 is 28.5. The molecule has 1 rings (SSSR count). The minimum Gasteiger partial charge on any atom is -0.395 e. The van der Waals surface area contributed by atoms with E-state index in [1.165, 1.54) is 0 Å². The molecule has 0 spiro atoms. The number of aromatic nitrogens is 2. The van der Waals surface area contributed by atoms with E-state index in [9.17, 15) is 8.42 Å². The summed E-state index contributed by atoms with van der Waals surface area (Å²) in [6.07, 6.45) is 0. The molecule has 0 unspecified atom stereocenters. The summed E-state index contributed by atoms with van der Waals surface area (Å²) in [7, 11) is -3.57. The summed E-state index contributed by atoms with van der Waals surface area (Å²) in [6, 6.07) is -0.189. The van der Waals surface area contributed by atoms with Crippen molar-refractivity contribution in [2.45, 2.75) is 6.92 Å². The molecule has 0 aliphatic rings. The maximum atomic E-state index is 11.0. The molecule has 0 aliphatic heterocycles. The summed E-state index contributed by atoms with van der Waals surface area (Å²) in [5.74, 6) is -0.0595. The van der Waals surface area contributed by atoms with E-state index in [2.05, 4.69) is 14.7 Å². The van der Waals surface area contributed by atoms with Gasteiger partial charge in [0.2, 0.25) is 10.0 Å². The van der Waals surface area contributed by atoms with Gasteiger partial charge in [-0.2, -0.15) is 4.98 Å². The summed E-state index contributed by atoms with van der Waals surface area (Å²) in [5.41, 5.74) is 0. The Morgan fingerprint density at radius 1 is 1.62 bits per heavy atom. The van der Waals surface area contributed by atoms with Gasteiger partial charge in [-0.1, -0.05) is 5.16 Å². The van der Waals surface area contributed by atoms with Crippen LogP contribution < -0.4 is 4.72 Å². The fourth-order valence-electron chi connectivity index (χ4n) is 0.643. The Bertz CT molecular complexity index is 371. The maximum absolute atomic E-state index is 11.0. The topological polar surface area (TPSA) is 105 Å². The van der Waals surface area contributed by atoms with Crippen molar-refractivity contribution in [3.8, 4) is 0 Å². The van der Waals surface area contributed by atoms with Gasteiger partial charge in [0.1, 0.15) is 0 Å². The Morgan fingerprint density at radius 3 is 2.77 bits per heavy atom. The zero-order valence-corrected chi connectivity index (χ0v) is 7.71. The number of hydrogen-bond donors (Lipinski definition) is 2. The molecule has 0 saturated heterocycles. The predicted molar refractivity (Wildman–Crippen MR) is 43.5 cm³/mol. The Hall–Kier alpha value is -1.15. The van der Waals surface area contributed by atoms with Crippen molar-refractivity contribution < 1.29 is 18.0 Å². The van der Waals surface area contributed by atoms with Crippen LogP contribution in [0.3, 0.4) is 0 Å². The monoisotopic (exact) mass is 207 g/mol. The van der Waals surface area contributed by atoms with Crippen molar-refractivity contribution in [2.24, 2.45) is 0 Å². The Balaban J connectivity index is 2.69. The van der Waals surface area contributed by atoms with Gasteiger partial charge in [-0.3, -0.25) is 0 Å². The molecule has 2 N–H and O–H groups in total. The van der Waals surface area contributed by atoms with E-state index < -0.39 is 22.4 Å². The fourth-order valence-corrected chi connectivity index (χ4v) is 1.33. The van der Waals surface area contributed by atoms with Gasteiger partial charge in [-0.25, -0.2) is 13.1 Å². The van der Waals surface area contributed by atoms with E-state index in [0.717, 1.165) is 0 Å². The van der Waals surface area contributed by atoms with Gasteiger partial charge in [-0.15, -0.1) is 0 Å². The highest BCUT2D eigenvalue weighted by Crippen LogP contribution is 2.04. The van der Waals surface area contributed by atoms with Crippen molar-refractivity contribution in [1.82, 2.24) is 10.1 Å². The lowest BCUT2D eigenvalue weighted by Gasteiger charge is -1.99. The quantitative estimate of drug-likeness (QED) is 0.663. The van der Waals surface area contributed by atoms with Crippen LogP contribution in [0.1, 0.15) is 5.82 Å². The summed E-state index contributed by atoms with van der Waals surface area (Å²) in [6.45, 7) is 1.11. The number of aryl methyl sites for hydroxylation is 1. The molecule has 0 bridgehead atoms. The van der Waals surface area contributed by atoms with Crippen LogP contribution in [0, 0.1) is 6.92 Å². The van der Waals surface area contributed by atoms with Crippen molar-refractivity contribution in [2.75, 3.05) is 17.1 Å². The molecule has 0 radical (unpaired) electrons. The lowest BCUT2D eigenvalue weighted by atomic mass is 10.8. The molecule has 74 valence electrons. The fraction of sp³-hybridized carbons (Fsp3) is 0.600. The molecule has 0 saturated carbocycles. The first-order valence-corrected chi connectivity index (χ1v) is 5.10. The van der Waals surface area contributed by atoms with Crippen LogP contribution in [0.5, 0.6) is 0 Å². The van der Waals surface area contributed by atoms with Crippen LogP contribution in [0.25, 0.3) is 0 Å². The van der Waals surface area contributed by atoms with Crippen molar-refractivity contribution in [3.63, 3.8) is 0 Å². The molecule has 7 nitrogen and oxygen atoms in total. The molecule has 8 heteroatoms. The third-order valence-corrected chi connectivity index (χ3v) is 2.34. The number of anilines is 1. The molecule has 1 aromatic rings. The van der Waals surface area contributed by atoms with Crippen LogP contribution >= 0.6 is 0 Å². The largest absolute Gasteiger partial charge is 0.395 e. The minimum absolute atomic E-state index is 0.189. The number of aliphatic hydroxyl groups excluding tert-OH is 1. The second kappa shape index (κ2) is 3.71. The first-order chi connectivity index (χ1) is 6.03. The van der Waals surface area contributed by atoms with Crippen LogP contribution in [-0.4, -0.2) is 36.0 Å². The van der Waals surface area contributed by atoms with Crippen LogP contribution in [0.15, 0.2) is 4.52 Å². The molecular formula is C5H9N3O4S. The highest BCUT2D eigenvalue weighted by Gasteiger charge is 2.13. The van der Waals surface area contributed by atoms with E-state index in [4.69, 9.17) is 5.11 Å². The number of sulfonamides is 1. The zero-order valence-electron chi connectivity index (χ0n) is 6.89. The van der Waals surface area contributed by atoms with E-state index in [1.807, 2.05) is 4.72 Å². The number of hydrogen-bond acceptors (Lipinski definition) is 6. The van der Waals surface area contributed by atoms with Gasteiger partial charge in [0, 0.05) is 0 Å². The standard InChI is InChI=1S/C5H9N3O4S/c1-4-6-5(12-7-4)8-13(10,11)3-2-9/h9H,2-3H2,1H3,(H,6,7,8). The van der Waals surface area contributed by atoms with E-state index in [-0.39, 0.29) is 6.01 Å². The average molecular weight is 207 g/mol. The predicted octanol–water partition coefficient (Wildman–Crippen LogP) is -0.888. The molecule has 0 aliphatic carbocycles. The number of aliphatic hydroxyl groups is 1. The summed E-state index contributed by atoms with van der Waals surface area (Å²) in [4.78, 5) is 3.63. The van der Waals surface area contributed by atoms with Crippen molar-refractivity contribution >= 4 is 16.0 Å². The van der Waals surface area contributed by atoms with Gasteiger partial charge in [0.05, 0.1) is 12.4 Å². The maximum Gasteiger partial charge on any atom is 0.335 e. The highest BCUT2D eigenvalue weighted by molar-refractivity contribution is 7.92. The number of nitrogens with one attached hydrogen (secondary N) is 1. The highest BCUT2D eigenvalue weighted by atomic mass is 32.2. The van der Waals surface area contributed by atoms with E-state index in [0.29, 0.717) is 5.82 Å². The van der Waals surface area contributed by atoms with Gasteiger partial charge in [-0.05, 0) is 6.92 Å². The van der Waals surface area contributed by atoms with Gasteiger partial charge >= 0.3 is 6.01 Å². The van der Waals surface area contributed by atoms with Crippen LogP contribution in [0.2, 0.25) is 0 Å². The third-order valence-electron chi connectivity index (χ3n) is 1.13. The summed E-state index contributed by atoms with van der Waals surface area (Å²) >= 11 is 0. The van der Waals surface area contributed by atoms with Gasteiger partial charge in [0.25, 0.3) is 0 Å². The first-order valence-electron chi connectivity index (χ1n) is 3.45. The molecule has 1 aromatic heterocycles. The van der Waals surface area contributed by atoms with Gasteiger partial charge in [0.15, 0.2) is 5.82 Å². The smallest absolute Gasteiger partial charge is 0.335 e. The Morgan fingerprint density at radius 2 is 2.31 bits per heavy atom. The normalized spacial score (nSPS) is 11.5.